The van der Waals surface area contributed by atoms with Crippen LogP contribution in [0.4, 0.5) is 11.4 Å². The predicted molar refractivity (Wildman–Crippen MR) is 88.4 cm³/mol. The average molecular weight is 328 g/mol. The quantitative estimate of drug-likeness (QED) is 0.499. The van der Waals surface area contributed by atoms with Gasteiger partial charge in [-0.05, 0) is 42.8 Å². The molecule has 2 aromatic rings. The highest BCUT2D eigenvalue weighted by Crippen LogP contribution is 2.27. The minimum atomic E-state index is -0.554. The number of ether oxygens (including phenoxy) is 1. The van der Waals surface area contributed by atoms with Crippen molar-refractivity contribution in [3.63, 3.8) is 0 Å². The molecule has 24 heavy (non-hydrogen) atoms. The predicted octanol–water partition coefficient (Wildman–Crippen LogP) is 3.12. The molecule has 7 heteroatoms. The Morgan fingerprint density at radius 3 is 2.42 bits per heavy atom. The number of anilines is 1. The standard InChI is InChI=1S/C17H16N2O5/c1-11-3-8-15(19(22)23)17(9-11)24-10-16(21)13-4-6-14(7-5-13)18-12(2)20/h3-9H,10H2,1-2H3,(H,18,20). The third-order valence-electron chi connectivity index (χ3n) is 3.20. The molecule has 0 fully saturated rings. The van der Waals surface area contributed by atoms with Crippen LogP contribution in [0.1, 0.15) is 22.8 Å². The van der Waals surface area contributed by atoms with E-state index in [1.165, 1.54) is 19.1 Å². The lowest BCUT2D eigenvalue weighted by Crippen LogP contribution is -2.13. The number of carbonyl (C=O) groups is 2. The largest absolute Gasteiger partial charge is 0.478 e. The lowest BCUT2D eigenvalue weighted by atomic mass is 10.1. The molecule has 0 radical (unpaired) electrons. The summed E-state index contributed by atoms with van der Waals surface area (Å²) in [6.07, 6.45) is 0. The number of rotatable bonds is 6. The van der Waals surface area contributed by atoms with Crippen molar-refractivity contribution in [3.8, 4) is 5.75 Å². The van der Waals surface area contributed by atoms with E-state index in [0.29, 0.717) is 11.3 Å². The summed E-state index contributed by atoms with van der Waals surface area (Å²) in [5.41, 5.74) is 1.57. The number of nitrogens with zero attached hydrogens (tertiary/aromatic N) is 1. The Balaban J connectivity index is 2.07. The van der Waals surface area contributed by atoms with Gasteiger partial charge in [-0.25, -0.2) is 0 Å². The molecule has 0 saturated carbocycles. The SMILES string of the molecule is CC(=O)Nc1ccc(C(=O)COc2cc(C)ccc2[N+](=O)[O-])cc1. The minimum absolute atomic E-state index is 0.0585. The first kappa shape index (κ1) is 17.1. The van der Waals surface area contributed by atoms with Crippen molar-refractivity contribution in [3.05, 3.63) is 63.7 Å². The van der Waals surface area contributed by atoms with Gasteiger partial charge in [-0.15, -0.1) is 0 Å². The van der Waals surface area contributed by atoms with Gasteiger partial charge in [0.15, 0.2) is 18.1 Å². The third-order valence-corrected chi connectivity index (χ3v) is 3.20. The van der Waals surface area contributed by atoms with E-state index >= 15 is 0 Å². The van der Waals surface area contributed by atoms with Crippen molar-refractivity contribution >= 4 is 23.1 Å². The summed E-state index contributed by atoms with van der Waals surface area (Å²) in [5, 5.41) is 13.6. The summed E-state index contributed by atoms with van der Waals surface area (Å²) in [5.74, 6) is -0.465. The van der Waals surface area contributed by atoms with Gasteiger partial charge in [0.2, 0.25) is 5.91 Å². The first-order valence-electron chi connectivity index (χ1n) is 7.15. The van der Waals surface area contributed by atoms with Crippen LogP contribution in [0.5, 0.6) is 5.75 Å². The molecule has 0 unspecified atom stereocenters. The molecular formula is C17H16N2O5. The molecule has 2 rings (SSSR count). The highest BCUT2D eigenvalue weighted by atomic mass is 16.6. The second kappa shape index (κ2) is 7.36. The smallest absolute Gasteiger partial charge is 0.310 e. The maximum absolute atomic E-state index is 12.1. The molecule has 0 spiro atoms. The maximum Gasteiger partial charge on any atom is 0.310 e. The monoisotopic (exact) mass is 328 g/mol. The molecule has 0 aliphatic heterocycles. The van der Waals surface area contributed by atoms with E-state index in [0.717, 1.165) is 5.56 Å². The van der Waals surface area contributed by atoms with E-state index in [1.807, 2.05) is 0 Å². The first-order chi connectivity index (χ1) is 11.4. The summed E-state index contributed by atoms with van der Waals surface area (Å²) < 4.78 is 5.33. The molecule has 1 amide bonds. The Morgan fingerprint density at radius 2 is 1.83 bits per heavy atom. The van der Waals surface area contributed by atoms with Crippen molar-refractivity contribution in [2.45, 2.75) is 13.8 Å². The molecule has 0 heterocycles. The Kier molecular flexibility index (Phi) is 5.26. The van der Waals surface area contributed by atoms with Crippen molar-refractivity contribution in [1.29, 1.82) is 0 Å². The molecule has 2 aromatic carbocycles. The van der Waals surface area contributed by atoms with E-state index < -0.39 is 4.92 Å². The van der Waals surface area contributed by atoms with Crippen LogP contribution in [0.3, 0.4) is 0 Å². The Bertz CT molecular complexity index is 784. The van der Waals surface area contributed by atoms with Crippen LogP contribution in [-0.4, -0.2) is 23.2 Å². The van der Waals surface area contributed by atoms with Gasteiger partial charge in [-0.1, -0.05) is 6.07 Å². The summed E-state index contributed by atoms with van der Waals surface area (Å²) in [4.78, 5) is 33.5. The van der Waals surface area contributed by atoms with Gasteiger partial charge in [0.05, 0.1) is 4.92 Å². The van der Waals surface area contributed by atoms with E-state index in [-0.39, 0.29) is 29.7 Å². The number of nitro benzene ring substituents is 1. The van der Waals surface area contributed by atoms with Crippen LogP contribution in [0.25, 0.3) is 0 Å². The fourth-order valence-electron chi connectivity index (χ4n) is 2.06. The molecular weight excluding hydrogens is 312 g/mol. The second-order valence-electron chi connectivity index (χ2n) is 5.20. The number of ketones is 1. The van der Waals surface area contributed by atoms with Crippen LogP contribution in [-0.2, 0) is 4.79 Å². The molecule has 0 saturated heterocycles. The van der Waals surface area contributed by atoms with Gasteiger partial charge >= 0.3 is 5.69 Å². The zero-order chi connectivity index (χ0) is 17.7. The number of aryl methyl sites for hydroxylation is 1. The van der Waals surface area contributed by atoms with Gasteiger partial charge in [0, 0.05) is 24.2 Å². The molecule has 0 aliphatic rings. The minimum Gasteiger partial charge on any atom is -0.478 e. The maximum atomic E-state index is 12.1. The number of nitro groups is 1. The van der Waals surface area contributed by atoms with Crippen molar-refractivity contribution in [2.75, 3.05) is 11.9 Å². The van der Waals surface area contributed by atoms with Gasteiger partial charge in [-0.3, -0.25) is 19.7 Å². The number of Topliss-reactive ketones (excluding diaryl/α,β-unsaturated/α-hetero) is 1. The van der Waals surface area contributed by atoms with Crippen molar-refractivity contribution < 1.29 is 19.2 Å². The normalized spacial score (nSPS) is 10.1. The van der Waals surface area contributed by atoms with Crippen molar-refractivity contribution in [2.24, 2.45) is 0 Å². The Morgan fingerprint density at radius 1 is 1.17 bits per heavy atom. The van der Waals surface area contributed by atoms with Gasteiger partial charge < -0.3 is 10.1 Å². The average Bonchev–Trinajstić information content (AvgIpc) is 2.52. The fourth-order valence-corrected chi connectivity index (χ4v) is 2.06. The molecule has 0 aliphatic carbocycles. The van der Waals surface area contributed by atoms with Crippen LogP contribution >= 0.6 is 0 Å². The second-order valence-corrected chi connectivity index (χ2v) is 5.20. The number of hydrogen-bond donors (Lipinski definition) is 1. The van der Waals surface area contributed by atoms with Gasteiger partial charge in [0.1, 0.15) is 0 Å². The van der Waals surface area contributed by atoms with Crippen LogP contribution < -0.4 is 10.1 Å². The van der Waals surface area contributed by atoms with E-state index in [1.54, 1.807) is 37.3 Å². The summed E-state index contributed by atoms with van der Waals surface area (Å²) in [6, 6.07) is 10.8. The molecule has 0 bridgehead atoms. The highest BCUT2D eigenvalue weighted by molar-refractivity contribution is 5.98. The number of benzene rings is 2. The van der Waals surface area contributed by atoms with Gasteiger partial charge in [-0.2, -0.15) is 0 Å². The lowest BCUT2D eigenvalue weighted by molar-refractivity contribution is -0.385. The zero-order valence-electron chi connectivity index (χ0n) is 13.2. The molecule has 0 atom stereocenters. The topological polar surface area (TPSA) is 98.5 Å². The van der Waals surface area contributed by atoms with E-state index in [4.69, 9.17) is 4.74 Å². The lowest BCUT2D eigenvalue weighted by Gasteiger charge is -2.08. The van der Waals surface area contributed by atoms with E-state index in [2.05, 4.69) is 5.32 Å². The molecule has 7 nitrogen and oxygen atoms in total. The number of amides is 1. The first-order valence-corrected chi connectivity index (χ1v) is 7.15. The Hall–Kier alpha value is -3.22. The molecule has 0 aromatic heterocycles. The molecule has 1 N–H and O–H groups in total. The summed E-state index contributed by atoms with van der Waals surface area (Å²) >= 11 is 0. The summed E-state index contributed by atoms with van der Waals surface area (Å²) in [6.45, 7) is 2.85. The van der Waals surface area contributed by atoms with Gasteiger partial charge in [0.25, 0.3) is 0 Å². The number of nitrogens with one attached hydrogen (secondary N) is 1. The van der Waals surface area contributed by atoms with Crippen LogP contribution in [0.15, 0.2) is 42.5 Å². The number of carbonyl (C=O) groups excluding carboxylic acids is 2. The van der Waals surface area contributed by atoms with Crippen LogP contribution in [0, 0.1) is 17.0 Å². The highest BCUT2D eigenvalue weighted by Gasteiger charge is 2.16. The van der Waals surface area contributed by atoms with Crippen LogP contribution in [0.2, 0.25) is 0 Å². The summed E-state index contributed by atoms with van der Waals surface area (Å²) in [7, 11) is 0. The number of hydrogen-bond acceptors (Lipinski definition) is 5. The molecule has 124 valence electrons. The third kappa shape index (κ3) is 4.39. The fraction of sp³-hybridized carbons (Fsp3) is 0.176. The zero-order valence-corrected chi connectivity index (χ0v) is 13.2. The van der Waals surface area contributed by atoms with Crippen molar-refractivity contribution in [1.82, 2.24) is 0 Å². The Labute approximate surface area is 138 Å². The van der Waals surface area contributed by atoms with E-state index in [9.17, 15) is 19.7 Å².